The largest absolute Gasteiger partial charge is 0.309 e. The van der Waals surface area contributed by atoms with Gasteiger partial charge in [0, 0.05) is 60.4 Å². The molecule has 0 atom stereocenters. The van der Waals surface area contributed by atoms with Gasteiger partial charge in [0.2, 0.25) is 0 Å². The Morgan fingerprint density at radius 3 is 1.62 bits per heavy atom. The van der Waals surface area contributed by atoms with E-state index in [1.807, 2.05) is 0 Å². The average molecular weight is 815 g/mol. The van der Waals surface area contributed by atoms with Crippen molar-refractivity contribution in [2.45, 2.75) is 0 Å². The Morgan fingerprint density at radius 1 is 0.297 bits per heavy atom. The van der Waals surface area contributed by atoms with Gasteiger partial charge in [-0.3, -0.25) is 0 Å². The summed E-state index contributed by atoms with van der Waals surface area (Å²) in [6.45, 7) is 0. The standard InChI is InChI=1S/C60H38N4/c1-4-16-41(17-5-1)57-53-38-43(44-33-36-56-52(37-44)51-34-31-39-15-10-11-22-47(39)59(51)64(56)46-20-8-3-9-21-46)32-35-54(53)61-60(62-57)42-29-27-40(28-30-42)48-24-14-25-50-49-23-12-13-26-55(49)63(58(48)50)45-18-6-2-7-19-45/h1-38H. The Hall–Kier alpha value is -8.60. The lowest BCUT2D eigenvalue weighted by Gasteiger charge is -2.13. The van der Waals surface area contributed by atoms with Gasteiger partial charge in [-0.25, -0.2) is 9.97 Å². The zero-order valence-electron chi connectivity index (χ0n) is 34.7. The van der Waals surface area contributed by atoms with Crippen LogP contribution in [0.1, 0.15) is 0 Å². The summed E-state index contributed by atoms with van der Waals surface area (Å²) in [5.41, 5.74) is 15.5. The summed E-state index contributed by atoms with van der Waals surface area (Å²) in [5.74, 6) is 0.699. The molecule has 3 aromatic heterocycles. The number of rotatable bonds is 6. The molecule has 0 N–H and O–H groups in total. The summed E-state index contributed by atoms with van der Waals surface area (Å²) in [5, 5.41) is 8.42. The van der Waals surface area contributed by atoms with Crippen molar-refractivity contribution in [3.63, 3.8) is 0 Å². The van der Waals surface area contributed by atoms with E-state index in [-0.39, 0.29) is 0 Å². The van der Waals surface area contributed by atoms with Crippen molar-refractivity contribution in [3.8, 4) is 56.3 Å². The molecule has 0 amide bonds. The molecule has 4 nitrogen and oxygen atoms in total. The van der Waals surface area contributed by atoms with E-state index >= 15 is 0 Å². The molecule has 0 saturated heterocycles. The number of hydrogen-bond acceptors (Lipinski definition) is 2. The van der Waals surface area contributed by atoms with Crippen LogP contribution in [0.3, 0.4) is 0 Å². The van der Waals surface area contributed by atoms with Crippen LogP contribution in [0.15, 0.2) is 231 Å². The van der Waals surface area contributed by atoms with Gasteiger partial charge < -0.3 is 9.13 Å². The molecule has 0 saturated carbocycles. The first-order chi connectivity index (χ1) is 31.7. The molecule has 13 aromatic rings. The highest BCUT2D eigenvalue weighted by Gasteiger charge is 2.19. The molecule has 13 rings (SSSR count). The van der Waals surface area contributed by atoms with E-state index in [2.05, 4.69) is 240 Å². The van der Waals surface area contributed by atoms with Crippen LogP contribution < -0.4 is 0 Å². The lowest BCUT2D eigenvalue weighted by molar-refractivity contribution is 1.18. The van der Waals surface area contributed by atoms with Gasteiger partial charge in [0.25, 0.3) is 0 Å². The highest BCUT2D eigenvalue weighted by Crippen LogP contribution is 2.41. The Labute approximate surface area is 369 Å². The molecule has 0 aliphatic carbocycles. The van der Waals surface area contributed by atoms with E-state index in [4.69, 9.17) is 9.97 Å². The van der Waals surface area contributed by atoms with Gasteiger partial charge in [-0.1, -0.05) is 176 Å². The first kappa shape index (κ1) is 36.1. The second-order valence-electron chi connectivity index (χ2n) is 16.5. The van der Waals surface area contributed by atoms with Crippen molar-refractivity contribution in [2.75, 3.05) is 0 Å². The fraction of sp³-hybridized carbons (Fsp3) is 0. The highest BCUT2D eigenvalue weighted by molar-refractivity contribution is 6.19. The Bertz CT molecular complexity index is 3920. The van der Waals surface area contributed by atoms with E-state index in [1.165, 1.54) is 59.9 Å². The highest BCUT2D eigenvalue weighted by atomic mass is 15.0. The third-order valence-electron chi connectivity index (χ3n) is 12.9. The van der Waals surface area contributed by atoms with Crippen LogP contribution in [0.2, 0.25) is 0 Å². The first-order valence-electron chi connectivity index (χ1n) is 21.8. The third-order valence-corrected chi connectivity index (χ3v) is 12.9. The predicted molar refractivity (Wildman–Crippen MR) is 267 cm³/mol. The second-order valence-corrected chi connectivity index (χ2v) is 16.5. The molecule has 64 heavy (non-hydrogen) atoms. The summed E-state index contributed by atoms with van der Waals surface area (Å²) >= 11 is 0. The van der Waals surface area contributed by atoms with Crippen LogP contribution in [0.4, 0.5) is 0 Å². The zero-order valence-corrected chi connectivity index (χ0v) is 34.7. The number of nitrogens with zero attached hydrogens (tertiary/aromatic N) is 4. The number of fused-ring (bicyclic) bond motifs is 9. The Kier molecular flexibility index (Phi) is 8.18. The smallest absolute Gasteiger partial charge is 0.160 e. The normalized spacial score (nSPS) is 11.8. The summed E-state index contributed by atoms with van der Waals surface area (Å²) < 4.78 is 4.81. The van der Waals surface area contributed by atoms with Crippen LogP contribution in [-0.2, 0) is 0 Å². The molecule has 0 spiro atoms. The van der Waals surface area contributed by atoms with E-state index in [9.17, 15) is 0 Å². The molecular weight excluding hydrogens is 777 g/mol. The molecule has 0 bridgehead atoms. The second kappa shape index (κ2) is 14.5. The van der Waals surface area contributed by atoms with E-state index in [0.717, 1.165) is 55.8 Å². The van der Waals surface area contributed by atoms with Gasteiger partial charge in [0.1, 0.15) is 0 Å². The van der Waals surface area contributed by atoms with Crippen LogP contribution in [-0.4, -0.2) is 19.1 Å². The average Bonchev–Trinajstić information content (AvgIpc) is 3.90. The molecule has 0 unspecified atom stereocenters. The van der Waals surface area contributed by atoms with Gasteiger partial charge in [-0.2, -0.15) is 0 Å². The van der Waals surface area contributed by atoms with Crippen molar-refractivity contribution < 1.29 is 0 Å². The maximum atomic E-state index is 5.35. The van der Waals surface area contributed by atoms with E-state index < -0.39 is 0 Å². The Morgan fingerprint density at radius 2 is 0.859 bits per heavy atom. The molecule has 0 aliphatic heterocycles. The van der Waals surface area contributed by atoms with Gasteiger partial charge in [0.15, 0.2) is 5.82 Å². The molecule has 3 heterocycles. The summed E-state index contributed by atoms with van der Waals surface area (Å²) in [4.78, 5) is 10.6. The minimum atomic E-state index is 0.699. The van der Waals surface area contributed by atoms with Crippen molar-refractivity contribution in [1.82, 2.24) is 19.1 Å². The molecule has 10 aromatic carbocycles. The molecule has 0 radical (unpaired) electrons. The van der Waals surface area contributed by atoms with Gasteiger partial charge in [0.05, 0.1) is 33.3 Å². The summed E-state index contributed by atoms with van der Waals surface area (Å²) in [6, 6.07) is 82.6. The van der Waals surface area contributed by atoms with Crippen molar-refractivity contribution in [2.24, 2.45) is 0 Å². The van der Waals surface area contributed by atoms with Crippen molar-refractivity contribution in [1.29, 1.82) is 0 Å². The maximum absolute atomic E-state index is 5.35. The van der Waals surface area contributed by atoms with Crippen molar-refractivity contribution >= 4 is 65.3 Å². The lowest BCUT2D eigenvalue weighted by atomic mass is 9.98. The SMILES string of the molecule is c1ccc(-c2nc(-c3ccc(-c4cccc5c6ccccc6n(-c6ccccc6)c45)cc3)nc3ccc(-c4ccc5c(c4)c4ccc6ccccc6c4n5-c4ccccc4)cc23)cc1. The summed E-state index contributed by atoms with van der Waals surface area (Å²) in [6.07, 6.45) is 0. The number of aromatic nitrogens is 4. The monoisotopic (exact) mass is 814 g/mol. The lowest BCUT2D eigenvalue weighted by Crippen LogP contribution is -1.96. The number of hydrogen-bond donors (Lipinski definition) is 0. The first-order valence-corrected chi connectivity index (χ1v) is 21.8. The van der Waals surface area contributed by atoms with Crippen molar-refractivity contribution in [3.05, 3.63) is 231 Å². The summed E-state index contributed by atoms with van der Waals surface area (Å²) in [7, 11) is 0. The predicted octanol–water partition coefficient (Wildman–Crippen LogP) is 15.6. The van der Waals surface area contributed by atoms with Crippen LogP contribution in [0.5, 0.6) is 0 Å². The van der Waals surface area contributed by atoms with Crippen LogP contribution in [0, 0.1) is 0 Å². The van der Waals surface area contributed by atoms with Gasteiger partial charge in [-0.15, -0.1) is 0 Å². The Balaban J connectivity index is 0.935. The van der Waals surface area contributed by atoms with Gasteiger partial charge in [-0.05, 0) is 76.7 Å². The third kappa shape index (κ3) is 5.70. The maximum Gasteiger partial charge on any atom is 0.160 e. The molecule has 298 valence electrons. The zero-order chi connectivity index (χ0) is 42.1. The molecule has 0 fully saturated rings. The minimum Gasteiger partial charge on any atom is -0.309 e. The van der Waals surface area contributed by atoms with Crippen LogP contribution >= 0.6 is 0 Å². The number of benzene rings is 10. The molecule has 4 heteroatoms. The molecule has 0 aliphatic rings. The van der Waals surface area contributed by atoms with E-state index in [0.29, 0.717) is 5.82 Å². The van der Waals surface area contributed by atoms with Crippen LogP contribution in [0.25, 0.3) is 122 Å². The van der Waals surface area contributed by atoms with Gasteiger partial charge >= 0.3 is 0 Å². The number of para-hydroxylation sites is 4. The fourth-order valence-electron chi connectivity index (χ4n) is 9.95. The fourth-order valence-corrected chi connectivity index (χ4v) is 9.95. The van der Waals surface area contributed by atoms with E-state index in [1.54, 1.807) is 0 Å². The molecular formula is C60H38N4. The topological polar surface area (TPSA) is 35.6 Å². The quantitative estimate of drug-likeness (QED) is 0.168. The minimum absolute atomic E-state index is 0.699.